The summed E-state index contributed by atoms with van der Waals surface area (Å²) < 4.78 is 7.07. The van der Waals surface area contributed by atoms with E-state index in [2.05, 4.69) is 20.1 Å². The molecule has 0 unspecified atom stereocenters. The van der Waals surface area contributed by atoms with Crippen LogP contribution in [0.2, 0.25) is 0 Å². The summed E-state index contributed by atoms with van der Waals surface area (Å²) in [6.45, 7) is 4.92. The van der Waals surface area contributed by atoms with Crippen LogP contribution in [0, 0.1) is 13.8 Å². The standard InChI is InChI=1S/C13H15N5OS/c1-8-7-18-12(14-8)20-13(15-18)17-5-3-4-11(17)10-6-9(2)19-16-10/h6-7,11H,3-5H2,1-2H3/t11-/m1/s1. The van der Waals surface area contributed by atoms with Gasteiger partial charge < -0.3 is 9.42 Å². The van der Waals surface area contributed by atoms with E-state index in [9.17, 15) is 0 Å². The molecule has 0 aromatic carbocycles. The Morgan fingerprint density at radius 2 is 2.30 bits per heavy atom. The summed E-state index contributed by atoms with van der Waals surface area (Å²) in [4.78, 5) is 7.72. The number of imidazole rings is 1. The summed E-state index contributed by atoms with van der Waals surface area (Å²) in [6, 6.07) is 2.29. The molecule has 0 bridgehead atoms. The quantitative estimate of drug-likeness (QED) is 0.726. The fraction of sp³-hybridized carbons (Fsp3) is 0.462. The maximum absolute atomic E-state index is 5.21. The minimum absolute atomic E-state index is 0.268. The summed E-state index contributed by atoms with van der Waals surface area (Å²) in [5.74, 6) is 0.858. The van der Waals surface area contributed by atoms with Gasteiger partial charge in [0.05, 0.1) is 17.9 Å². The van der Waals surface area contributed by atoms with Crippen molar-refractivity contribution in [3.8, 4) is 0 Å². The van der Waals surface area contributed by atoms with Crippen molar-refractivity contribution in [1.82, 2.24) is 19.8 Å². The van der Waals surface area contributed by atoms with Crippen LogP contribution < -0.4 is 4.90 Å². The molecular weight excluding hydrogens is 274 g/mol. The van der Waals surface area contributed by atoms with Gasteiger partial charge in [-0.25, -0.2) is 9.50 Å². The zero-order valence-corrected chi connectivity index (χ0v) is 12.2. The van der Waals surface area contributed by atoms with Gasteiger partial charge in [0, 0.05) is 12.6 Å². The molecule has 1 saturated heterocycles. The molecule has 0 N–H and O–H groups in total. The molecule has 7 heteroatoms. The second-order valence-corrected chi connectivity index (χ2v) is 6.14. The van der Waals surface area contributed by atoms with E-state index in [1.165, 1.54) is 0 Å². The molecule has 0 amide bonds. The van der Waals surface area contributed by atoms with Gasteiger partial charge in [-0.15, -0.1) is 5.10 Å². The van der Waals surface area contributed by atoms with Crippen molar-refractivity contribution in [2.75, 3.05) is 11.4 Å². The van der Waals surface area contributed by atoms with Crippen molar-refractivity contribution in [3.63, 3.8) is 0 Å². The third kappa shape index (κ3) is 1.81. The molecule has 3 aromatic heterocycles. The Morgan fingerprint density at radius 3 is 3.05 bits per heavy atom. The van der Waals surface area contributed by atoms with Crippen LogP contribution in [0.15, 0.2) is 16.8 Å². The molecule has 104 valence electrons. The number of fused-ring (bicyclic) bond motifs is 1. The molecular formula is C13H15N5OS. The lowest BCUT2D eigenvalue weighted by Crippen LogP contribution is -2.22. The Labute approximate surface area is 120 Å². The van der Waals surface area contributed by atoms with Gasteiger partial charge in [0.15, 0.2) is 0 Å². The van der Waals surface area contributed by atoms with Crippen molar-refractivity contribution in [2.45, 2.75) is 32.7 Å². The van der Waals surface area contributed by atoms with E-state index in [1.807, 2.05) is 30.6 Å². The van der Waals surface area contributed by atoms with E-state index in [0.717, 1.165) is 46.6 Å². The van der Waals surface area contributed by atoms with Gasteiger partial charge in [-0.2, -0.15) is 0 Å². The van der Waals surface area contributed by atoms with Crippen molar-refractivity contribution in [2.24, 2.45) is 0 Å². The van der Waals surface area contributed by atoms with Crippen LogP contribution in [0.3, 0.4) is 0 Å². The SMILES string of the molecule is Cc1cn2nc(N3CCC[C@@H]3c3cc(C)on3)sc2n1. The van der Waals surface area contributed by atoms with Crippen molar-refractivity contribution < 1.29 is 4.52 Å². The van der Waals surface area contributed by atoms with E-state index >= 15 is 0 Å². The summed E-state index contributed by atoms with van der Waals surface area (Å²) in [5, 5.41) is 9.82. The number of hydrogen-bond donors (Lipinski definition) is 0. The molecule has 0 aliphatic carbocycles. The molecule has 4 rings (SSSR count). The number of anilines is 1. The number of aromatic nitrogens is 4. The molecule has 0 saturated carbocycles. The fourth-order valence-electron chi connectivity index (χ4n) is 2.76. The van der Waals surface area contributed by atoms with Crippen LogP contribution >= 0.6 is 11.3 Å². The topological polar surface area (TPSA) is 59.5 Å². The Balaban J connectivity index is 1.70. The fourth-order valence-corrected chi connectivity index (χ4v) is 3.77. The maximum Gasteiger partial charge on any atom is 0.214 e. The molecule has 0 spiro atoms. The highest BCUT2D eigenvalue weighted by Crippen LogP contribution is 2.37. The summed E-state index contributed by atoms with van der Waals surface area (Å²) in [5.41, 5.74) is 2.00. The minimum Gasteiger partial charge on any atom is -0.361 e. The molecule has 0 radical (unpaired) electrons. The van der Waals surface area contributed by atoms with Gasteiger partial charge in [-0.1, -0.05) is 16.5 Å². The zero-order valence-electron chi connectivity index (χ0n) is 11.4. The lowest BCUT2D eigenvalue weighted by Gasteiger charge is -2.21. The van der Waals surface area contributed by atoms with Gasteiger partial charge in [-0.3, -0.25) is 0 Å². The molecule has 1 fully saturated rings. The third-order valence-electron chi connectivity index (χ3n) is 3.64. The van der Waals surface area contributed by atoms with E-state index in [4.69, 9.17) is 4.52 Å². The molecule has 6 nitrogen and oxygen atoms in total. The second kappa shape index (κ2) is 4.31. The minimum atomic E-state index is 0.268. The summed E-state index contributed by atoms with van der Waals surface area (Å²) >= 11 is 1.63. The Bertz CT molecular complexity index is 726. The van der Waals surface area contributed by atoms with Gasteiger partial charge in [0.25, 0.3) is 0 Å². The monoisotopic (exact) mass is 289 g/mol. The van der Waals surface area contributed by atoms with Gasteiger partial charge in [0.1, 0.15) is 11.5 Å². The highest BCUT2D eigenvalue weighted by atomic mass is 32.1. The van der Waals surface area contributed by atoms with Crippen LogP contribution in [0.5, 0.6) is 0 Å². The normalized spacial score (nSPS) is 19.3. The van der Waals surface area contributed by atoms with Crippen molar-refractivity contribution in [1.29, 1.82) is 0 Å². The average Bonchev–Trinajstić information content (AvgIpc) is 3.09. The molecule has 4 heterocycles. The summed E-state index contributed by atoms with van der Waals surface area (Å²) in [6.07, 6.45) is 4.20. The molecule has 1 aliphatic heterocycles. The van der Waals surface area contributed by atoms with Gasteiger partial charge in [0.2, 0.25) is 10.1 Å². The van der Waals surface area contributed by atoms with Crippen LogP contribution in [-0.4, -0.2) is 26.3 Å². The highest BCUT2D eigenvalue weighted by molar-refractivity contribution is 7.20. The van der Waals surface area contributed by atoms with Gasteiger partial charge >= 0.3 is 0 Å². The van der Waals surface area contributed by atoms with E-state index in [0.29, 0.717) is 0 Å². The van der Waals surface area contributed by atoms with E-state index in [1.54, 1.807) is 11.3 Å². The smallest absolute Gasteiger partial charge is 0.214 e. The first-order chi connectivity index (χ1) is 9.70. The van der Waals surface area contributed by atoms with Crippen LogP contribution in [0.25, 0.3) is 4.96 Å². The lowest BCUT2D eigenvalue weighted by molar-refractivity contribution is 0.385. The predicted octanol–water partition coefficient (Wildman–Crippen LogP) is 2.74. The van der Waals surface area contributed by atoms with Crippen molar-refractivity contribution >= 4 is 21.4 Å². The van der Waals surface area contributed by atoms with Gasteiger partial charge in [-0.05, 0) is 26.7 Å². The van der Waals surface area contributed by atoms with Crippen LogP contribution in [-0.2, 0) is 0 Å². The average molecular weight is 289 g/mol. The number of aryl methyl sites for hydroxylation is 2. The molecule has 20 heavy (non-hydrogen) atoms. The first-order valence-corrected chi connectivity index (χ1v) is 7.55. The number of rotatable bonds is 2. The molecule has 1 aliphatic rings. The van der Waals surface area contributed by atoms with Crippen LogP contribution in [0.4, 0.5) is 5.13 Å². The number of nitrogens with zero attached hydrogens (tertiary/aromatic N) is 5. The van der Waals surface area contributed by atoms with Crippen molar-refractivity contribution in [3.05, 3.63) is 29.4 Å². The maximum atomic E-state index is 5.21. The Hall–Kier alpha value is -1.89. The van der Waals surface area contributed by atoms with Crippen LogP contribution in [0.1, 0.15) is 36.0 Å². The first-order valence-electron chi connectivity index (χ1n) is 6.73. The number of hydrogen-bond acceptors (Lipinski definition) is 6. The Kier molecular flexibility index (Phi) is 2.56. The Morgan fingerprint density at radius 1 is 1.40 bits per heavy atom. The van der Waals surface area contributed by atoms with E-state index in [-0.39, 0.29) is 6.04 Å². The third-order valence-corrected chi connectivity index (χ3v) is 4.60. The zero-order chi connectivity index (χ0) is 13.7. The molecule has 3 aromatic rings. The first kappa shape index (κ1) is 11.9. The lowest BCUT2D eigenvalue weighted by atomic mass is 10.1. The summed E-state index contributed by atoms with van der Waals surface area (Å²) in [7, 11) is 0. The highest BCUT2D eigenvalue weighted by Gasteiger charge is 2.31. The second-order valence-electron chi connectivity index (χ2n) is 5.21. The molecule has 1 atom stereocenters. The van der Waals surface area contributed by atoms with E-state index < -0.39 is 0 Å². The largest absolute Gasteiger partial charge is 0.361 e. The predicted molar refractivity (Wildman–Crippen MR) is 76.2 cm³/mol.